The Kier molecular flexibility index (Phi) is 9.48. The van der Waals surface area contributed by atoms with Crippen LogP contribution in [-0.4, -0.2) is 76.5 Å². The number of aryl methyl sites for hydroxylation is 1. The molecule has 1 aromatic heterocycles. The number of ether oxygens (including phenoxy) is 1. The van der Waals surface area contributed by atoms with E-state index >= 15 is 0 Å². The van der Waals surface area contributed by atoms with Crippen LogP contribution < -0.4 is 11.6 Å². The Labute approximate surface area is 214 Å². The fraction of sp³-hybridized carbons (Fsp3) is 0.731. The number of thiophene rings is 1. The van der Waals surface area contributed by atoms with Crippen LogP contribution in [0.5, 0.6) is 0 Å². The largest absolute Gasteiger partial charge is 0.444 e. The molecule has 0 radical (unpaired) electrons. The van der Waals surface area contributed by atoms with E-state index in [1.165, 1.54) is 15.3 Å². The van der Waals surface area contributed by atoms with Crippen LogP contribution in [0.15, 0.2) is 18.0 Å². The summed E-state index contributed by atoms with van der Waals surface area (Å²) in [6.07, 6.45) is 6.31. The molecule has 0 saturated carbocycles. The van der Waals surface area contributed by atoms with Crippen molar-refractivity contribution in [1.29, 1.82) is 0 Å². The SMILES string of the molecule is CCc1cc(C2CCN(C/C(N)=C/N(N)C3CCN(C(=O)OC(C)(C)C)C3)C(C)C2)c(CCO)s1. The number of hydrogen-bond donors (Lipinski definition) is 3. The number of aliphatic hydroxyl groups is 1. The molecule has 5 N–H and O–H groups in total. The van der Waals surface area contributed by atoms with Gasteiger partial charge in [0.05, 0.1) is 6.04 Å². The molecule has 1 amide bonds. The minimum absolute atomic E-state index is 0.0283. The summed E-state index contributed by atoms with van der Waals surface area (Å²) in [5.41, 5.74) is 8.08. The van der Waals surface area contributed by atoms with Gasteiger partial charge in [-0.1, -0.05) is 6.92 Å². The second-order valence-electron chi connectivity index (χ2n) is 11.0. The first-order chi connectivity index (χ1) is 16.5. The molecule has 0 aliphatic carbocycles. The van der Waals surface area contributed by atoms with E-state index in [0.717, 1.165) is 44.3 Å². The Morgan fingerprint density at radius 1 is 1.34 bits per heavy atom. The lowest BCUT2D eigenvalue weighted by atomic mass is 9.85. The highest BCUT2D eigenvalue weighted by molar-refractivity contribution is 7.12. The summed E-state index contributed by atoms with van der Waals surface area (Å²) >= 11 is 1.86. The molecule has 9 heteroatoms. The lowest BCUT2D eigenvalue weighted by Gasteiger charge is -2.38. The highest BCUT2D eigenvalue weighted by Gasteiger charge is 2.32. The van der Waals surface area contributed by atoms with Gasteiger partial charge in [0.15, 0.2) is 0 Å². The van der Waals surface area contributed by atoms with Gasteiger partial charge in [-0.3, -0.25) is 4.90 Å². The summed E-state index contributed by atoms with van der Waals surface area (Å²) in [5.74, 6) is 6.86. The van der Waals surface area contributed by atoms with Gasteiger partial charge in [-0.05, 0) is 77.5 Å². The number of carbonyl (C=O) groups is 1. The maximum atomic E-state index is 12.3. The molecule has 0 aromatic carbocycles. The normalized spacial score (nSPS) is 24.1. The van der Waals surface area contributed by atoms with Gasteiger partial charge in [-0.15, -0.1) is 11.3 Å². The van der Waals surface area contributed by atoms with Crippen molar-refractivity contribution in [3.8, 4) is 0 Å². The quantitative estimate of drug-likeness (QED) is 0.366. The van der Waals surface area contributed by atoms with Gasteiger partial charge in [-0.25, -0.2) is 10.6 Å². The van der Waals surface area contributed by atoms with Gasteiger partial charge >= 0.3 is 6.09 Å². The molecule has 3 unspecified atom stereocenters. The Hall–Kier alpha value is -1.81. The van der Waals surface area contributed by atoms with Gasteiger partial charge in [0.2, 0.25) is 0 Å². The number of likely N-dealkylation sites (tertiary alicyclic amines) is 2. The number of nitrogens with two attached hydrogens (primary N) is 2. The molecule has 2 aliphatic heterocycles. The predicted octanol–water partition coefficient (Wildman–Crippen LogP) is 3.40. The Morgan fingerprint density at radius 2 is 2.09 bits per heavy atom. The summed E-state index contributed by atoms with van der Waals surface area (Å²) in [7, 11) is 0. The van der Waals surface area contributed by atoms with Crippen molar-refractivity contribution in [2.24, 2.45) is 11.6 Å². The molecule has 1 aromatic rings. The maximum Gasteiger partial charge on any atom is 0.410 e. The van der Waals surface area contributed by atoms with E-state index in [4.69, 9.17) is 16.3 Å². The van der Waals surface area contributed by atoms with E-state index in [2.05, 4.69) is 24.8 Å². The first-order valence-corrected chi connectivity index (χ1v) is 13.8. The van der Waals surface area contributed by atoms with Crippen LogP contribution in [0.3, 0.4) is 0 Å². The molecule has 2 saturated heterocycles. The predicted molar refractivity (Wildman–Crippen MR) is 142 cm³/mol. The number of hydrogen-bond acceptors (Lipinski definition) is 8. The van der Waals surface area contributed by atoms with E-state index in [9.17, 15) is 9.90 Å². The zero-order chi connectivity index (χ0) is 25.8. The first-order valence-electron chi connectivity index (χ1n) is 12.9. The van der Waals surface area contributed by atoms with Crippen LogP contribution in [0, 0.1) is 0 Å². The van der Waals surface area contributed by atoms with Crippen LogP contribution >= 0.6 is 11.3 Å². The summed E-state index contributed by atoms with van der Waals surface area (Å²) in [5, 5.41) is 11.2. The topological polar surface area (TPSA) is 108 Å². The lowest BCUT2D eigenvalue weighted by Crippen LogP contribution is -2.44. The number of hydrazine groups is 1. The summed E-state index contributed by atoms with van der Waals surface area (Å²) in [4.78, 5) is 19.2. The van der Waals surface area contributed by atoms with Crippen molar-refractivity contribution < 1.29 is 14.6 Å². The smallest absolute Gasteiger partial charge is 0.410 e. The average Bonchev–Trinajstić information content (AvgIpc) is 3.42. The summed E-state index contributed by atoms with van der Waals surface area (Å²) in [6.45, 7) is 13.1. The van der Waals surface area contributed by atoms with Crippen molar-refractivity contribution in [3.63, 3.8) is 0 Å². The maximum absolute atomic E-state index is 12.3. The molecular formula is C26H45N5O3S. The van der Waals surface area contributed by atoms with Crippen molar-refractivity contribution in [1.82, 2.24) is 14.8 Å². The fourth-order valence-electron chi connectivity index (χ4n) is 5.11. The van der Waals surface area contributed by atoms with Crippen LogP contribution in [0.25, 0.3) is 0 Å². The second-order valence-corrected chi connectivity index (χ2v) is 12.2. The van der Waals surface area contributed by atoms with Crippen LogP contribution in [-0.2, 0) is 17.6 Å². The van der Waals surface area contributed by atoms with Gasteiger partial charge in [-0.2, -0.15) is 0 Å². The van der Waals surface area contributed by atoms with Crippen LogP contribution in [0.2, 0.25) is 0 Å². The molecular weight excluding hydrogens is 462 g/mol. The zero-order valence-corrected chi connectivity index (χ0v) is 22.9. The Balaban J connectivity index is 1.52. The van der Waals surface area contributed by atoms with Gasteiger partial charge in [0, 0.05) is 60.4 Å². The van der Waals surface area contributed by atoms with E-state index in [-0.39, 0.29) is 18.7 Å². The number of nitrogens with zero attached hydrogens (tertiary/aromatic N) is 3. The Morgan fingerprint density at radius 3 is 2.71 bits per heavy atom. The second kappa shape index (κ2) is 12.0. The van der Waals surface area contributed by atoms with E-state index in [1.807, 2.05) is 38.3 Å². The third-order valence-corrected chi connectivity index (χ3v) is 8.33. The number of rotatable bonds is 8. The molecule has 3 heterocycles. The number of carbonyl (C=O) groups excluding carboxylic acids is 1. The summed E-state index contributed by atoms with van der Waals surface area (Å²) in [6, 6.07) is 2.80. The van der Waals surface area contributed by atoms with Gasteiger partial charge in [0.1, 0.15) is 5.60 Å². The first kappa shape index (κ1) is 27.8. The average molecular weight is 508 g/mol. The minimum Gasteiger partial charge on any atom is -0.444 e. The lowest BCUT2D eigenvalue weighted by molar-refractivity contribution is 0.0284. The van der Waals surface area contributed by atoms with Crippen LogP contribution in [0.4, 0.5) is 4.79 Å². The number of piperidine rings is 1. The molecule has 198 valence electrons. The standard InChI is InChI=1S/C26H45N5O3S/c1-6-22-14-23(24(35-22)9-12-32)19-7-10-29(18(2)13-19)15-20(27)16-31(28)21-8-11-30(17-21)25(33)34-26(3,4)5/h14,16,18-19,21,32H,6-13,15,17,27-28H2,1-5H3/b20-16-. The summed E-state index contributed by atoms with van der Waals surface area (Å²) < 4.78 is 5.48. The molecule has 35 heavy (non-hydrogen) atoms. The van der Waals surface area contributed by atoms with E-state index in [0.29, 0.717) is 31.6 Å². The molecule has 0 bridgehead atoms. The number of aliphatic hydroxyl groups excluding tert-OH is 1. The van der Waals surface area contributed by atoms with Crippen LogP contribution in [0.1, 0.15) is 75.1 Å². The van der Waals surface area contributed by atoms with Crippen molar-refractivity contribution >= 4 is 17.4 Å². The van der Waals surface area contributed by atoms with Crippen molar-refractivity contribution in [2.75, 3.05) is 32.8 Å². The van der Waals surface area contributed by atoms with Crippen molar-refractivity contribution in [2.45, 2.75) is 90.3 Å². The third-order valence-electron chi connectivity index (χ3n) is 6.97. The third kappa shape index (κ3) is 7.59. The molecule has 0 spiro atoms. The highest BCUT2D eigenvalue weighted by Crippen LogP contribution is 2.37. The molecule has 8 nitrogen and oxygen atoms in total. The molecule has 3 rings (SSSR count). The van der Waals surface area contributed by atoms with E-state index in [1.54, 1.807) is 9.91 Å². The van der Waals surface area contributed by atoms with Gasteiger partial charge in [0.25, 0.3) is 0 Å². The highest BCUT2D eigenvalue weighted by atomic mass is 32.1. The molecule has 2 aliphatic rings. The number of amides is 1. The Bertz CT molecular complexity index is 881. The molecule has 2 fully saturated rings. The molecule has 3 atom stereocenters. The zero-order valence-electron chi connectivity index (χ0n) is 22.1. The van der Waals surface area contributed by atoms with Gasteiger partial charge < -0.3 is 25.5 Å². The van der Waals surface area contributed by atoms with E-state index < -0.39 is 5.60 Å². The minimum atomic E-state index is -0.506. The fourth-order valence-corrected chi connectivity index (χ4v) is 6.29. The van der Waals surface area contributed by atoms with Crippen molar-refractivity contribution in [3.05, 3.63) is 33.3 Å². The monoisotopic (exact) mass is 507 g/mol.